The number of guanidine groups is 1. The van der Waals surface area contributed by atoms with Crippen LogP contribution in [0.15, 0.2) is 40.4 Å². The predicted molar refractivity (Wildman–Crippen MR) is 190 cm³/mol. The molecule has 0 amide bonds. The van der Waals surface area contributed by atoms with Gasteiger partial charge in [-0.3, -0.25) is 9.79 Å². The smallest absolute Gasteiger partial charge is 0.189 e. The number of nitrogens with one attached hydrogen (secondary N) is 2. The summed E-state index contributed by atoms with van der Waals surface area (Å²) in [5.74, 6) is 5.11. The fourth-order valence-electron chi connectivity index (χ4n) is 11.8. The van der Waals surface area contributed by atoms with Crippen LogP contribution in [0.25, 0.3) is 0 Å². The van der Waals surface area contributed by atoms with Crippen LogP contribution in [0.2, 0.25) is 0 Å². The van der Waals surface area contributed by atoms with Gasteiger partial charge in [0.25, 0.3) is 0 Å². The van der Waals surface area contributed by atoms with Crippen molar-refractivity contribution in [1.82, 2.24) is 10.6 Å². The van der Waals surface area contributed by atoms with E-state index >= 15 is 0 Å². The Morgan fingerprint density at radius 2 is 2.04 bits per heavy atom. The first-order valence-corrected chi connectivity index (χ1v) is 20.3. The lowest BCUT2D eigenvalue weighted by Crippen LogP contribution is -2.68. The van der Waals surface area contributed by atoms with Gasteiger partial charge in [-0.05, 0) is 117 Å². The molecule has 0 unspecified atom stereocenters. The number of allylic oxidation sites excluding steroid dienone is 2. The van der Waals surface area contributed by atoms with Crippen molar-refractivity contribution in [3.8, 4) is 0 Å². The molecular formula is C37H54N4O3S2. The summed E-state index contributed by atoms with van der Waals surface area (Å²) in [5, 5.41) is 27.6. The molecule has 3 fully saturated rings. The molecule has 2 spiro atoms. The summed E-state index contributed by atoms with van der Waals surface area (Å²) in [6.45, 7) is 4.45. The number of carbonyl (C=O) groups is 1. The third-order valence-corrected chi connectivity index (χ3v) is 16.3. The van der Waals surface area contributed by atoms with Gasteiger partial charge in [0, 0.05) is 55.6 Å². The maximum atomic E-state index is 14.2. The topological polar surface area (TPSA) is 120 Å². The first kappa shape index (κ1) is 33.0. The van der Waals surface area contributed by atoms with E-state index in [2.05, 4.69) is 41.8 Å². The highest BCUT2D eigenvalue weighted by molar-refractivity contribution is 8.76. The lowest BCUT2D eigenvalue weighted by atomic mass is 9.47. The number of aliphatic hydroxyl groups is 2. The van der Waals surface area contributed by atoms with E-state index in [4.69, 9.17) is 10.7 Å². The number of aliphatic imine (C=N–C) groups is 1. The normalized spacial score (nSPS) is 40.6. The van der Waals surface area contributed by atoms with E-state index in [0.29, 0.717) is 41.8 Å². The molecule has 9 atom stereocenters. The van der Waals surface area contributed by atoms with Crippen LogP contribution in [0, 0.1) is 40.4 Å². The summed E-state index contributed by atoms with van der Waals surface area (Å²) in [6, 6.07) is 9.12. The minimum absolute atomic E-state index is 0.0460. The molecule has 0 radical (unpaired) electrons. The van der Waals surface area contributed by atoms with Crippen LogP contribution < -0.4 is 16.4 Å². The van der Waals surface area contributed by atoms with Crippen LogP contribution in [0.3, 0.4) is 0 Å². The molecule has 2 aliphatic heterocycles. The second-order valence-electron chi connectivity index (χ2n) is 15.5. The van der Waals surface area contributed by atoms with Gasteiger partial charge in [0.1, 0.15) is 0 Å². The zero-order valence-corrected chi connectivity index (χ0v) is 29.4. The average Bonchev–Trinajstić information content (AvgIpc) is 3.38. The number of hydrogen-bond donors (Lipinski definition) is 5. The predicted octanol–water partition coefficient (Wildman–Crippen LogP) is 5.42. The molecule has 0 saturated heterocycles. The number of rotatable bonds is 7. The quantitative estimate of drug-likeness (QED) is 0.245. The van der Waals surface area contributed by atoms with Crippen LogP contribution in [-0.4, -0.2) is 65.8 Å². The van der Waals surface area contributed by atoms with Gasteiger partial charge in [-0.15, -0.1) is 0 Å². The molecule has 7 rings (SSSR count). The Morgan fingerprint density at radius 3 is 2.85 bits per heavy atom. The van der Waals surface area contributed by atoms with Crippen molar-refractivity contribution in [1.29, 1.82) is 0 Å². The highest BCUT2D eigenvalue weighted by Gasteiger charge is 2.69. The van der Waals surface area contributed by atoms with Gasteiger partial charge in [-0.2, -0.15) is 0 Å². The van der Waals surface area contributed by atoms with E-state index in [1.54, 1.807) is 0 Å². The molecule has 0 aromatic heterocycles. The van der Waals surface area contributed by atoms with Gasteiger partial charge in [-0.25, -0.2) is 0 Å². The number of aliphatic hydroxyl groups excluding tert-OH is 2. The molecule has 6 aliphatic rings. The fourth-order valence-corrected chi connectivity index (χ4v) is 14.7. The van der Waals surface area contributed by atoms with Crippen LogP contribution in [0.1, 0.15) is 88.2 Å². The van der Waals surface area contributed by atoms with Crippen molar-refractivity contribution in [2.24, 2.45) is 51.1 Å². The molecular weight excluding hydrogens is 613 g/mol. The Hall–Kier alpha value is -1.52. The zero-order valence-electron chi connectivity index (χ0n) is 27.7. The molecule has 252 valence electrons. The van der Waals surface area contributed by atoms with Crippen molar-refractivity contribution in [3.63, 3.8) is 0 Å². The second kappa shape index (κ2) is 13.1. The first-order chi connectivity index (χ1) is 22.3. The second-order valence-corrected chi connectivity index (χ2v) is 18.1. The van der Waals surface area contributed by atoms with Gasteiger partial charge < -0.3 is 26.6 Å². The van der Waals surface area contributed by atoms with E-state index in [1.165, 1.54) is 16.7 Å². The zero-order chi connectivity index (χ0) is 32.1. The third-order valence-electron chi connectivity index (χ3n) is 13.9. The number of benzene rings is 1. The molecule has 2 heterocycles. The lowest BCUT2D eigenvalue weighted by Gasteiger charge is -2.57. The van der Waals surface area contributed by atoms with Crippen LogP contribution in [-0.2, 0) is 11.3 Å². The number of nitrogens with two attached hydrogens (primary N) is 1. The van der Waals surface area contributed by atoms with Gasteiger partial charge in [-0.1, -0.05) is 58.4 Å². The standard InChI is InChI=1S/C37H54N4O3S2/c1-35-12-14-45-46-22-37-26(8-10-28(32(37)20-40-34(38)41-37)24-6-3-5-23(15-24)19-39-2)9-11-29-31-17-27(35)16-25(21-43)30(7-4-13-42)36(31,35)18-33(29)44/h3,5-6,15,25-28,30,32,39,42-43H,4,7-14,16-22H2,1-2H3,(H3,38,40,41)/t25-,26-,27-,28-,30-,32-,35+,36+,37+/m1/s1. The molecule has 6 N–H and O–H groups in total. The van der Waals surface area contributed by atoms with Crippen molar-refractivity contribution >= 4 is 33.3 Å². The van der Waals surface area contributed by atoms with Crippen molar-refractivity contribution in [3.05, 3.63) is 46.5 Å². The van der Waals surface area contributed by atoms with Gasteiger partial charge in [0.2, 0.25) is 0 Å². The SMILES string of the molecule is CNCc1cccc([C@H]2CC[C@@H]3CCC4=C5C[C@H]6C[C@H](CO)[C@@H](CCCO)[C@]5(CC4=O)[C@@]6(C)CCSSC[C@]34NC(N)=NC[C@H]24)c1. The molecule has 1 aromatic carbocycles. The largest absolute Gasteiger partial charge is 0.396 e. The number of carbonyl (C=O) groups excluding carboxylic acids is 1. The Morgan fingerprint density at radius 1 is 1.17 bits per heavy atom. The van der Waals surface area contributed by atoms with E-state index in [1.807, 2.05) is 28.6 Å². The summed E-state index contributed by atoms with van der Waals surface area (Å²) >= 11 is 0. The van der Waals surface area contributed by atoms with Crippen molar-refractivity contribution in [2.45, 2.75) is 89.1 Å². The number of nitrogens with zero attached hydrogens (tertiary/aromatic N) is 1. The molecule has 7 nitrogen and oxygen atoms in total. The molecule has 3 saturated carbocycles. The van der Waals surface area contributed by atoms with E-state index < -0.39 is 0 Å². The summed E-state index contributed by atoms with van der Waals surface area (Å²) in [7, 11) is 6.03. The Balaban J connectivity index is 1.26. The molecule has 4 aliphatic carbocycles. The Labute approximate surface area is 283 Å². The van der Waals surface area contributed by atoms with Gasteiger partial charge >= 0.3 is 0 Å². The summed E-state index contributed by atoms with van der Waals surface area (Å²) in [4.78, 5) is 19.0. The number of hydrogen-bond acceptors (Lipinski definition) is 9. The Kier molecular flexibility index (Phi) is 9.38. The molecule has 9 heteroatoms. The maximum absolute atomic E-state index is 14.2. The highest BCUT2D eigenvalue weighted by Crippen LogP contribution is 2.75. The Bertz CT molecular complexity index is 1390. The summed E-state index contributed by atoms with van der Waals surface area (Å²) in [6.07, 6.45) is 9.45. The minimum Gasteiger partial charge on any atom is -0.396 e. The van der Waals surface area contributed by atoms with E-state index in [-0.39, 0.29) is 41.4 Å². The first-order valence-electron chi connectivity index (χ1n) is 17.8. The third kappa shape index (κ3) is 5.12. The highest BCUT2D eigenvalue weighted by atomic mass is 33.1. The number of Topliss-reactive ketones (excluding diaryl/α,β-unsaturated/α-hetero) is 1. The van der Waals surface area contributed by atoms with Gasteiger partial charge in [0.05, 0.1) is 5.54 Å². The monoisotopic (exact) mass is 666 g/mol. The van der Waals surface area contributed by atoms with E-state index in [9.17, 15) is 15.0 Å². The summed E-state index contributed by atoms with van der Waals surface area (Å²) < 4.78 is 0. The number of ketones is 1. The van der Waals surface area contributed by atoms with Gasteiger partial charge in [0.15, 0.2) is 11.7 Å². The fraction of sp³-hybridized carbons (Fsp3) is 0.730. The molecule has 46 heavy (non-hydrogen) atoms. The van der Waals surface area contributed by atoms with Crippen LogP contribution >= 0.6 is 21.6 Å². The van der Waals surface area contributed by atoms with Crippen molar-refractivity contribution in [2.75, 3.05) is 38.3 Å². The summed E-state index contributed by atoms with van der Waals surface area (Å²) in [5.41, 5.74) is 11.6. The molecule has 5 bridgehead atoms. The average molecular weight is 667 g/mol. The van der Waals surface area contributed by atoms with Crippen LogP contribution in [0.5, 0.6) is 0 Å². The lowest BCUT2D eigenvalue weighted by molar-refractivity contribution is -0.125. The minimum atomic E-state index is -0.172. The van der Waals surface area contributed by atoms with E-state index in [0.717, 1.165) is 88.0 Å². The maximum Gasteiger partial charge on any atom is 0.189 e. The molecule has 1 aromatic rings. The van der Waals surface area contributed by atoms with Crippen LogP contribution in [0.4, 0.5) is 0 Å². The van der Waals surface area contributed by atoms with Crippen molar-refractivity contribution < 1.29 is 15.0 Å².